The molecule has 7 nitrogen and oxygen atoms in total. The molecule has 2 N–H and O–H groups in total. The molecule has 0 unspecified atom stereocenters. The van der Waals surface area contributed by atoms with Crippen molar-refractivity contribution in [2.24, 2.45) is 10.7 Å². The largest absolute Gasteiger partial charge is 0.404 e. The molecule has 1 aliphatic carbocycles. The molecule has 3 heterocycles. The van der Waals surface area contributed by atoms with Crippen LogP contribution in [0.1, 0.15) is 50.0 Å². The summed E-state index contributed by atoms with van der Waals surface area (Å²) < 4.78 is 34.5. The molecule has 0 amide bonds. The molecule has 0 radical (unpaired) electrons. The predicted octanol–water partition coefficient (Wildman–Crippen LogP) is 4.40. The highest BCUT2D eigenvalue weighted by Crippen LogP contribution is 2.36. The number of rotatable bonds is 5. The number of hydrogen-bond donors (Lipinski definition) is 1. The van der Waals surface area contributed by atoms with E-state index in [-0.39, 0.29) is 23.7 Å². The van der Waals surface area contributed by atoms with Crippen LogP contribution in [-0.4, -0.2) is 44.4 Å². The lowest BCUT2D eigenvalue weighted by molar-refractivity contribution is -0.0272. The van der Waals surface area contributed by atoms with Crippen LogP contribution < -0.4 is 5.73 Å². The lowest BCUT2D eigenvalue weighted by Crippen LogP contribution is -2.33. The summed E-state index contributed by atoms with van der Waals surface area (Å²) >= 11 is 0. The Labute approximate surface area is 196 Å². The van der Waals surface area contributed by atoms with E-state index in [2.05, 4.69) is 15.0 Å². The molecule has 1 saturated carbocycles. The number of benzene rings is 1. The van der Waals surface area contributed by atoms with E-state index in [9.17, 15) is 8.78 Å². The molecule has 34 heavy (non-hydrogen) atoms. The molecular weight excluding hydrogens is 438 g/mol. The minimum absolute atomic E-state index is 0.0677. The van der Waals surface area contributed by atoms with E-state index in [1.165, 1.54) is 12.1 Å². The summed E-state index contributed by atoms with van der Waals surface area (Å²) in [6.07, 6.45) is 8.11. The second-order valence-electron chi connectivity index (χ2n) is 9.02. The van der Waals surface area contributed by atoms with Gasteiger partial charge in [-0.15, -0.1) is 0 Å². The van der Waals surface area contributed by atoms with Gasteiger partial charge in [0.25, 0.3) is 0 Å². The quantitative estimate of drug-likeness (QED) is 0.562. The van der Waals surface area contributed by atoms with Gasteiger partial charge in [0.05, 0.1) is 23.9 Å². The Kier molecular flexibility index (Phi) is 6.03. The molecule has 2 aromatic heterocycles. The second-order valence-corrected chi connectivity index (χ2v) is 9.02. The van der Waals surface area contributed by atoms with Crippen LogP contribution in [0.15, 0.2) is 41.2 Å². The molecule has 0 spiro atoms. The van der Waals surface area contributed by atoms with E-state index in [1.807, 2.05) is 20.1 Å². The SMILES string of the molecule is Cc1cnc2c(-c3ccc(F)cc3F)nc([C@@H]3C[C@@H](/C(C=NC4CC4)=C/N)O[C@@H](C)C3)nc2n1. The van der Waals surface area contributed by atoms with Crippen molar-refractivity contribution in [3.05, 3.63) is 59.3 Å². The summed E-state index contributed by atoms with van der Waals surface area (Å²) in [7, 11) is 0. The smallest absolute Gasteiger partial charge is 0.182 e. The molecule has 2 aliphatic rings. The molecule has 0 bridgehead atoms. The first-order chi connectivity index (χ1) is 16.4. The van der Waals surface area contributed by atoms with Crippen molar-refractivity contribution in [3.63, 3.8) is 0 Å². The molecule has 9 heteroatoms. The van der Waals surface area contributed by atoms with Gasteiger partial charge in [0.15, 0.2) is 5.65 Å². The molecule has 3 atom stereocenters. The molecule has 1 aromatic carbocycles. The van der Waals surface area contributed by atoms with E-state index in [4.69, 9.17) is 20.4 Å². The standard InChI is InChI=1S/C25H26F2N6O/c1-13-11-30-23-22(19-6-3-17(26)9-20(19)27)32-24(33-25(23)31-13)15-7-14(2)34-21(8-15)16(10-28)12-29-18-4-5-18/h3,6,9-12,14-15,18,21H,4-5,7-8,28H2,1-2H3/b16-10+,29-12?/t14-,15-,21-/m0/s1. The summed E-state index contributed by atoms with van der Waals surface area (Å²) in [6.45, 7) is 3.81. The third-order valence-corrected chi connectivity index (χ3v) is 6.15. The number of hydrogen-bond acceptors (Lipinski definition) is 7. The van der Waals surface area contributed by atoms with Crippen LogP contribution in [0.4, 0.5) is 8.78 Å². The van der Waals surface area contributed by atoms with E-state index in [0.717, 1.165) is 24.5 Å². The third-order valence-electron chi connectivity index (χ3n) is 6.15. The van der Waals surface area contributed by atoms with Crippen molar-refractivity contribution in [3.8, 4) is 11.3 Å². The molecule has 2 fully saturated rings. The van der Waals surface area contributed by atoms with Crippen LogP contribution in [0.3, 0.4) is 0 Å². The third kappa shape index (κ3) is 4.65. The van der Waals surface area contributed by atoms with Crippen LogP contribution in [0.2, 0.25) is 0 Å². The number of aryl methyl sites for hydroxylation is 1. The van der Waals surface area contributed by atoms with Gasteiger partial charge in [0.1, 0.15) is 28.7 Å². The molecule has 3 aromatic rings. The van der Waals surface area contributed by atoms with Crippen LogP contribution >= 0.6 is 0 Å². The van der Waals surface area contributed by atoms with Crippen molar-refractivity contribution >= 4 is 17.4 Å². The lowest BCUT2D eigenvalue weighted by atomic mass is 9.88. The minimum atomic E-state index is -0.712. The first-order valence-corrected chi connectivity index (χ1v) is 11.5. The zero-order chi connectivity index (χ0) is 23.8. The summed E-state index contributed by atoms with van der Waals surface area (Å²) in [5.41, 5.74) is 8.62. The van der Waals surface area contributed by atoms with Gasteiger partial charge >= 0.3 is 0 Å². The normalized spacial score (nSPS) is 23.6. The number of aliphatic imine (C=N–C) groups is 1. The average molecular weight is 465 g/mol. The van der Waals surface area contributed by atoms with Crippen LogP contribution in [-0.2, 0) is 4.74 Å². The number of halogens is 2. The monoisotopic (exact) mass is 464 g/mol. The highest BCUT2D eigenvalue weighted by Gasteiger charge is 2.33. The maximum Gasteiger partial charge on any atom is 0.182 e. The Morgan fingerprint density at radius 1 is 1.18 bits per heavy atom. The summed E-state index contributed by atoms with van der Waals surface area (Å²) in [6, 6.07) is 3.80. The Bertz CT molecular complexity index is 1290. The van der Waals surface area contributed by atoms with Gasteiger partial charge in [-0.1, -0.05) is 0 Å². The van der Waals surface area contributed by atoms with Crippen molar-refractivity contribution < 1.29 is 13.5 Å². The van der Waals surface area contributed by atoms with E-state index in [1.54, 1.807) is 12.4 Å². The van der Waals surface area contributed by atoms with Crippen molar-refractivity contribution in [2.45, 2.75) is 63.7 Å². The Morgan fingerprint density at radius 3 is 2.74 bits per heavy atom. The molecule has 5 rings (SSSR count). The minimum Gasteiger partial charge on any atom is -0.404 e. The van der Waals surface area contributed by atoms with E-state index < -0.39 is 11.6 Å². The summed E-state index contributed by atoms with van der Waals surface area (Å²) in [4.78, 5) is 22.9. The molecule has 1 saturated heterocycles. The first kappa shape index (κ1) is 22.5. The number of nitrogens with two attached hydrogens (primary N) is 1. The first-order valence-electron chi connectivity index (χ1n) is 11.5. The van der Waals surface area contributed by atoms with Gasteiger partial charge < -0.3 is 10.5 Å². The van der Waals surface area contributed by atoms with Crippen molar-refractivity contribution in [1.82, 2.24) is 19.9 Å². The maximum atomic E-state index is 14.7. The lowest BCUT2D eigenvalue weighted by Gasteiger charge is -2.33. The number of fused-ring (bicyclic) bond motifs is 1. The summed E-state index contributed by atoms with van der Waals surface area (Å²) in [5.74, 6) is -0.915. The Morgan fingerprint density at radius 2 is 2.00 bits per heavy atom. The zero-order valence-electron chi connectivity index (χ0n) is 19.1. The van der Waals surface area contributed by atoms with Crippen LogP contribution in [0, 0.1) is 18.6 Å². The fourth-order valence-corrected chi connectivity index (χ4v) is 4.28. The Hall–Kier alpha value is -3.33. The predicted molar refractivity (Wildman–Crippen MR) is 125 cm³/mol. The fourth-order valence-electron chi connectivity index (χ4n) is 4.28. The van der Waals surface area contributed by atoms with Gasteiger partial charge in [0, 0.05) is 41.7 Å². The highest BCUT2D eigenvalue weighted by molar-refractivity contribution is 5.87. The van der Waals surface area contributed by atoms with Crippen molar-refractivity contribution in [1.29, 1.82) is 0 Å². The highest BCUT2D eigenvalue weighted by atomic mass is 19.1. The average Bonchev–Trinajstić information content (AvgIpc) is 3.63. The Balaban J connectivity index is 1.56. The van der Waals surface area contributed by atoms with Gasteiger partial charge in [-0.05, 0) is 51.7 Å². The molecular formula is C25H26F2N6O. The number of nitrogens with zero attached hydrogens (tertiary/aromatic N) is 5. The second kappa shape index (κ2) is 9.13. The van der Waals surface area contributed by atoms with Crippen molar-refractivity contribution in [2.75, 3.05) is 0 Å². The number of aromatic nitrogens is 4. The zero-order valence-corrected chi connectivity index (χ0v) is 19.1. The van der Waals surface area contributed by atoms with Gasteiger partial charge in [-0.2, -0.15) is 0 Å². The van der Waals surface area contributed by atoms with Gasteiger partial charge in [0.2, 0.25) is 0 Å². The summed E-state index contributed by atoms with van der Waals surface area (Å²) in [5, 5.41) is 0. The van der Waals surface area contributed by atoms with E-state index in [0.29, 0.717) is 47.3 Å². The fraction of sp³-hybridized carbons (Fsp3) is 0.400. The molecule has 176 valence electrons. The van der Waals surface area contributed by atoms with Crippen LogP contribution in [0.5, 0.6) is 0 Å². The molecule has 1 aliphatic heterocycles. The van der Waals surface area contributed by atoms with Gasteiger partial charge in [-0.3, -0.25) is 4.99 Å². The van der Waals surface area contributed by atoms with Crippen LogP contribution in [0.25, 0.3) is 22.4 Å². The topological polar surface area (TPSA) is 99.2 Å². The van der Waals surface area contributed by atoms with Gasteiger partial charge in [-0.25, -0.2) is 28.7 Å². The number of ether oxygens (including phenoxy) is 1. The maximum absolute atomic E-state index is 14.7. The van der Waals surface area contributed by atoms with E-state index >= 15 is 0 Å².